The number of hydrogen-bond acceptors (Lipinski definition) is 3. The van der Waals surface area contributed by atoms with E-state index in [1.54, 1.807) is 24.3 Å². The number of rotatable bonds is 6. The molecular formula is C20H21N3O2. The van der Waals surface area contributed by atoms with Crippen molar-refractivity contribution in [1.29, 1.82) is 5.26 Å². The second kappa shape index (κ2) is 8.65. The van der Waals surface area contributed by atoms with Crippen molar-refractivity contribution in [2.45, 2.75) is 26.7 Å². The van der Waals surface area contributed by atoms with Gasteiger partial charge < -0.3 is 10.2 Å². The Hall–Kier alpha value is -3.13. The van der Waals surface area contributed by atoms with E-state index in [0.717, 1.165) is 17.7 Å². The van der Waals surface area contributed by atoms with Gasteiger partial charge in [0.2, 0.25) is 11.8 Å². The highest BCUT2D eigenvalue weighted by molar-refractivity contribution is 5.95. The van der Waals surface area contributed by atoms with Gasteiger partial charge in [-0.05, 0) is 42.3 Å². The van der Waals surface area contributed by atoms with Crippen LogP contribution in [0.2, 0.25) is 0 Å². The second-order valence-electron chi connectivity index (χ2n) is 5.64. The number of aryl methyl sites for hydroxylation is 1. The molecule has 0 aliphatic rings. The summed E-state index contributed by atoms with van der Waals surface area (Å²) in [5.74, 6) is -0.285. The Morgan fingerprint density at radius 2 is 1.80 bits per heavy atom. The number of anilines is 2. The van der Waals surface area contributed by atoms with E-state index >= 15 is 0 Å². The SMILES string of the molecule is CCc1ccccc1NC(=O)CCN(C(C)=O)c1ccc(C#N)cc1. The van der Waals surface area contributed by atoms with Gasteiger partial charge in [0.1, 0.15) is 0 Å². The molecule has 1 N–H and O–H groups in total. The van der Waals surface area contributed by atoms with Crippen LogP contribution in [-0.2, 0) is 16.0 Å². The van der Waals surface area contributed by atoms with E-state index in [-0.39, 0.29) is 24.8 Å². The third-order valence-electron chi connectivity index (χ3n) is 3.92. The largest absolute Gasteiger partial charge is 0.326 e. The molecule has 0 unspecified atom stereocenters. The van der Waals surface area contributed by atoms with Gasteiger partial charge in [-0.3, -0.25) is 9.59 Å². The molecule has 0 aliphatic carbocycles. The Labute approximate surface area is 147 Å². The highest BCUT2D eigenvalue weighted by Gasteiger charge is 2.14. The first-order chi connectivity index (χ1) is 12.0. The normalized spacial score (nSPS) is 9.96. The third-order valence-corrected chi connectivity index (χ3v) is 3.92. The Bertz CT molecular complexity index is 791. The predicted octanol–water partition coefficient (Wildman–Crippen LogP) is 3.50. The standard InChI is InChI=1S/C20H21N3O2/c1-3-17-6-4-5-7-19(17)22-20(25)12-13-23(15(2)24)18-10-8-16(14-21)9-11-18/h4-11H,3,12-13H2,1-2H3,(H,22,25). The molecule has 0 aliphatic heterocycles. The first kappa shape index (κ1) is 18.2. The van der Waals surface area contributed by atoms with Crippen molar-refractivity contribution < 1.29 is 9.59 Å². The molecule has 0 atom stereocenters. The molecule has 0 saturated carbocycles. The van der Waals surface area contributed by atoms with Crippen molar-refractivity contribution in [2.75, 3.05) is 16.8 Å². The summed E-state index contributed by atoms with van der Waals surface area (Å²) >= 11 is 0. The van der Waals surface area contributed by atoms with E-state index in [1.807, 2.05) is 37.3 Å². The fraction of sp³-hybridized carbons (Fsp3) is 0.250. The van der Waals surface area contributed by atoms with Crippen molar-refractivity contribution in [1.82, 2.24) is 0 Å². The van der Waals surface area contributed by atoms with Crippen LogP contribution in [0.15, 0.2) is 48.5 Å². The number of carbonyl (C=O) groups excluding carboxylic acids is 2. The second-order valence-corrected chi connectivity index (χ2v) is 5.64. The molecule has 0 spiro atoms. The number of hydrogen-bond donors (Lipinski definition) is 1. The van der Waals surface area contributed by atoms with Gasteiger partial charge in [-0.1, -0.05) is 25.1 Å². The number of benzene rings is 2. The van der Waals surface area contributed by atoms with Gasteiger partial charge in [0.15, 0.2) is 0 Å². The van der Waals surface area contributed by atoms with E-state index in [4.69, 9.17) is 5.26 Å². The van der Waals surface area contributed by atoms with Crippen molar-refractivity contribution in [3.63, 3.8) is 0 Å². The molecule has 0 aromatic heterocycles. The van der Waals surface area contributed by atoms with Crippen LogP contribution in [0.1, 0.15) is 31.4 Å². The van der Waals surface area contributed by atoms with Crippen LogP contribution in [0, 0.1) is 11.3 Å². The number of amides is 2. The molecule has 0 heterocycles. The molecule has 0 saturated heterocycles. The number of carbonyl (C=O) groups is 2. The molecule has 2 aromatic rings. The zero-order chi connectivity index (χ0) is 18.2. The lowest BCUT2D eigenvalue weighted by molar-refractivity contribution is -0.117. The van der Waals surface area contributed by atoms with Crippen LogP contribution < -0.4 is 10.2 Å². The Morgan fingerprint density at radius 3 is 2.40 bits per heavy atom. The summed E-state index contributed by atoms with van der Waals surface area (Å²) in [5, 5.41) is 11.8. The third kappa shape index (κ3) is 4.92. The zero-order valence-corrected chi connectivity index (χ0v) is 14.5. The fourth-order valence-electron chi connectivity index (χ4n) is 2.56. The minimum atomic E-state index is -0.147. The van der Waals surface area contributed by atoms with Crippen LogP contribution in [0.5, 0.6) is 0 Å². The van der Waals surface area contributed by atoms with Gasteiger partial charge in [0.25, 0.3) is 0 Å². The lowest BCUT2D eigenvalue weighted by atomic mass is 10.1. The molecular weight excluding hydrogens is 314 g/mol. The van der Waals surface area contributed by atoms with Gasteiger partial charge in [-0.15, -0.1) is 0 Å². The average molecular weight is 335 g/mol. The number of nitrogens with one attached hydrogen (secondary N) is 1. The molecule has 25 heavy (non-hydrogen) atoms. The maximum absolute atomic E-state index is 12.2. The fourth-order valence-corrected chi connectivity index (χ4v) is 2.56. The predicted molar refractivity (Wildman–Crippen MR) is 98.3 cm³/mol. The minimum Gasteiger partial charge on any atom is -0.326 e. The summed E-state index contributed by atoms with van der Waals surface area (Å²) in [4.78, 5) is 25.7. The quantitative estimate of drug-likeness (QED) is 0.878. The van der Waals surface area contributed by atoms with Gasteiger partial charge in [0, 0.05) is 31.3 Å². The van der Waals surface area contributed by atoms with Crippen LogP contribution >= 0.6 is 0 Å². The summed E-state index contributed by atoms with van der Waals surface area (Å²) in [6, 6.07) is 16.5. The first-order valence-electron chi connectivity index (χ1n) is 8.21. The maximum atomic E-state index is 12.2. The van der Waals surface area contributed by atoms with E-state index in [2.05, 4.69) is 5.32 Å². The number of para-hydroxylation sites is 1. The summed E-state index contributed by atoms with van der Waals surface area (Å²) in [7, 11) is 0. The number of nitriles is 1. The molecule has 2 rings (SSSR count). The summed E-state index contributed by atoms with van der Waals surface area (Å²) in [5.41, 5.74) is 3.09. The highest BCUT2D eigenvalue weighted by Crippen LogP contribution is 2.18. The van der Waals surface area contributed by atoms with Crippen LogP contribution in [0.4, 0.5) is 11.4 Å². The van der Waals surface area contributed by atoms with E-state index < -0.39 is 0 Å². The van der Waals surface area contributed by atoms with Crippen molar-refractivity contribution >= 4 is 23.2 Å². The monoisotopic (exact) mass is 335 g/mol. The number of nitrogens with zero attached hydrogens (tertiary/aromatic N) is 2. The zero-order valence-electron chi connectivity index (χ0n) is 14.5. The van der Waals surface area contributed by atoms with E-state index in [1.165, 1.54) is 11.8 Å². The average Bonchev–Trinajstić information content (AvgIpc) is 2.62. The Kier molecular flexibility index (Phi) is 6.30. The van der Waals surface area contributed by atoms with Crippen LogP contribution in [0.3, 0.4) is 0 Å². The topological polar surface area (TPSA) is 73.2 Å². The molecule has 5 heteroatoms. The summed E-state index contributed by atoms with van der Waals surface area (Å²) in [6.07, 6.45) is 1.03. The van der Waals surface area contributed by atoms with Crippen molar-refractivity contribution in [2.24, 2.45) is 0 Å². The minimum absolute atomic E-state index is 0.138. The van der Waals surface area contributed by atoms with Crippen molar-refractivity contribution in [3.05, 3.63) is 59.7 Å². The van der Waals surface area contributed by atoms with E-state index in [0.29, 0.717) is 11.3 Å². The van der Waals surface area contributed by atoms with E-state index in [9.17, 15) is 9.59 Å². The summed E-state index contributed by atoms with van der Waals surface area (Å²) in [6.45, 7) is 3.78. The molecule has 2 amide bonds. The molecule has 0 radical (unpaired) electrons. The maximum Gasteiger partial charge on any atom is 0.226 e. The molecule has 5 nitrogen and oxygen atoms in total. The molecule has 0 fully saturated rings. The molecule has 2 aromatic carbocycles. The Balaban J connectivity index is 2.02. The van der Waals surface area contributed by atoms with Gasteiger partial charge in [-0.2, -0.15) is 5.26 Å². The summed E-state index contributed by atoms with van der Waals surface area (Å²) < 4.78 is 0. The lowest BCUT2D eigenvalue weighted by Gasteiger charge is -2.21. The van der Waals surface area contributed by atoms with Crippen LogP contribution in [-0.4, -0.2) is 18.4 Å². The van der Waals surface area contributed by atoms with Crippen molar-refractivity contribution in [3.8, 4) is 6.07 Å². The van der Waals surface area contributed by atoms with Gasteiger partial charge >= 0.3 is 0 Å². The van der Waals surface area contributed by atoms with Gasteiger partial charge in [0.05, 0.1) is 11.6 Å². The lowest BCUT2D eigenvalue weighted by Crippen LogP contribution is -2.32. The smallest absolute Gasteiger partial charge is 0.226 e. The molecule has 0 bridgehead atoms. The highest BCUT2D eigenvalue weighted by atomic mass is 16.2. The van der Waals surface area contributed by atoms with Gasteiger partial charge in [-0.25, -0.2) is 0 Å². The first-order valence-corrected chi connectivity index (χ1v) is 8.21. The van der Waals surface area contributed by atoms with Crippen LogP contribution in [0.25, 0.3) is 0 Å². The molecule has 128 valence electrons. The Morgan fingerprint density at radius 1 is 1.12 bits per heavy atom.